The van der Waals surface area contributed by atoms with Crippen molar-refractivity contribution in [1.29, 1.82) is 5.26 Å². The van der Waals surface area contributed by atoms with Crippen LogP contribution in [0.4, 0.5) is 0 Å². The third-order valence-electron chi connectivity index (χ3n) is 0.362. The number of rotatable bonds is 1. The number of halogens is 4. The highest BCUT2D eigenvalue weighted by atomic mass is 35.6. The second-order valence-corrected chi connectivity index (χ2v) is 4.77. The van der Waals surface area contributed by atoms with Crippen molar-refractivity contribution in [3.05, 3.63) is 0 Å². The first-order valence-electron chi connectivity index (χ1n) is 2.54. The Bertz CT molecular complexity index is 95.2. The first kappa shape index (κ1) is 13.3. The van der Waals surface area contributed by atoms with Crippen LogP contribution in [0.3, 0.4) is 0 Å². The Kier molecular flexibility index (Phi) is 10.3. The molecule has 0 aliphatic carbocycles. The predicted octanol–water partition coefficient (Wildman–Crippen LogP) is 3.86. The molecular formula is C5H7Cl4N. The topological polar surface area (TPSA) is 23.8 Å². The first-order chi connectivity index (χ1) is 4.41. The summed E-state index contributed by atoms with van der Waals surface area (Å²) in [4.78, 5) is 0. The monoisotopic (exact) mass is 221 g/mol. The molecule has 1 nitrogen and oxygen atoms in total. The number of unbranched alkanes of at least 4 members (excludes halogenated alkanes) is 1. The summed E-state index contributed by atoms with van der Waals surface area (Å²) in [5.41, 5.74) is 0. The number of nitrogens with zero attached hydrogens (tertiary/aromatic N) is 1. The molecule has 0 N–H and O–H groups in total. The van der Waals surface area contributed by atoms with Crippen LogP contribution in [0.25, 0.3) is 0 Å². The van der Waals surface area contributed by atoms with E-state index in [1.165, 1.54) is 0 Å². The van der Waals surface area contributed by atoms with Crippen LogP contribution < -0.4 is 0 Å². The molecule has 60 valence electrons. The van der Waals surface area contributed by atoms with Crippen molar-refractivity contribution in [2.24, 2.45) is 0 Å². The number of alkyl halides is 4. The molecule has 0 spiro atoms. The summed E-state index contributed by atoms with van der Waals surface area (Å²) in [7, 11) is 0. The molecule has 5 heteroatoms. The summed E-state index contributed by atoms with van der Waals surface area (Å²) in [5.74, 6) is 0. The molecule has 0 aromatic heterocycles. The van der Waals surface area contributed by atoms with Gasteiger partial charge in [0.2, 0.25) is 0 Å². The maximum Gasteiger partial charge on any atom is 0.266 e. The highest BCUT2D eigenvalue weighted by Crippen LogP contribution is 2.29. The standard InChI is InChI=1S/C4H7N.CCl4/c1-2-3-4-5;2-1(3,4)5/h2-3H2,1H3;. The van der Waals surface area contributed by atoms with Gasteiger partial charge in [-0.25, -0.2) is 0 Å². The maximum atomic E-state index is 7.82. The Labute approximate surface area is 80.8 Å². The molecule has 0 aromatic carbocycles. The summed E-state index contributed by atoms with van der Waals surface area (Å²) in [6.45, 7) is 1.99. The van der Waals surface area contributed by atoms with E-state index in [-0.39, 0.29) is 0 Å². The van der Waals surface area contributed by atoms with Crippen molar-refractivity contribution in [3.8, 4) is 6.07 Å². The van der Waals surface area contributed by atoms with Gasteiger partial charge in [-0.1, -0.05) is 53.3 Å². The van der Waals surface area contributed by atoms with E-state index in [1.54, 1.807) is 0 Å². The normalized spacial score (nSPS) is 9.20. The van der Waals surface area contributed by atoms with Crippen LogP contribution in [-0.4, -0.2) is 3.25 Å². The number of nitriles is 1. The second kappa shape index (κ2) is 7.75. The zero-order valence-corrected chi connectivity index (χ0v) is 8.40. The SMILES string of the molecule is CCCC#N.ClC(Cl)(Cl)Cl. The molecule has 0 rings (SSSR count). The van der Waals surface area contributed by atoms with Gasteiger partial charge in [0.25, 0.3) is 3.25 Å². The van der Waals surface area contributed by atoms with Gasteiger partial charge in [-0.15, -0.1) is 0 Å². The van der Waals surface area contributed by atoms with Gasteiger partial charge < -0.3 is 0 Å². The first-order valence-corrected chi connectivity index (χ1v) is 4.05. The molecule has 0 fully saturated rings. The molecule has 0 atom stereocenters. The van der Waals surface area contributed by atoms with E-state index in [4.69, 9.17) is 51.7 Å². The van der Waals surface area contributed by atoms with Gasteiger partial charge in [-0.2, -0.15) is 5.26 Å². The quantitative estimate of drug-likeness (QED) is 0.619. The molecule has 0 saturated carbocycles. The van der Waals surface area contributed by atoms with Crippen LogP contribution in [0, 0.1) is 11.3 Å². The van der Waals surface area contributed by atoms with Crippen LogP contribution in [0.1, 0.15) is 19.8 Å². The molecule has 0 bridgehead atoms. The van der Waals surface area contributed by atoms with Crippen molar-refractivity contribution in [1.82, 2.24) is 0 Å². The van der Waals surface area contributed by atoms with E-state index in [0.29, 0.717) is 6.42 Å². The van der Waals surface area contributed by atoms with E-state index in [9.17, 15) is 0 Å². The lowest BCUT2D eigenvalue weighted by Crippen LogP contribution is -1.81. The second-order valence-electron chi connectivity index (χ2n) is 1.34. The molecule has 0 radical (unpaired) electrons. The zero-order valence-electron chi connectivity index (χ0n) is 5.37. The van der Waals surface area contributed by atoms with Crippen molar-refractivity contribution >= 4 is 46.4 Å². The molecule has 0 aliphatic rings. The van der Waals surface area contributed by atoms with E-state index in [1.807, 2.05) is 13.0 Å². The molecule has 0 aliphatic heterocycles. The van der Waals surface area contributed by atoms with Crippen molar-refractivity contribution in [2.45, 2.75) is 23.0 Å². The minimum atomic E-state index is -1.61. The molecule has 10 heavy (non-hydrogen) atoms. The summed E-state index contributed by atoms with van der Waals surface area (Å²) in [5, 5.41) is 7.82. The summed E-state index contributed by atoms with van der Waals surface area (Å²) < 4.78 is -1.61. The summed E-state index contributed by atoms with van der Waals surface area (Å²) in [6, 6.07) is 2.02. The van der Waals surface area contributed by atoms with Crippen molar-refractivity contribution in [3.63, 3.8) is 0 Å². The van der Waals surface area contributed by atoms with Gasteiger partial charge in [0.05, 0.1) is 6.07 Å². The maximum absolute atomic E-state index is 7.82. The minimum Gasteiger partial charge on any atom is -0.198 e. The largest absolute Gasteiger partial charge is 0.266 e. The fraction of sp³-hybridized carbons (Fsp3) is 0.800. The lowest BCUT2D eigenvalue weighted by molar-refractivity contribution is 0.969. The molecule has 0 unspecified atom stereocenters. The van der Waals surface area contributed by atoms with Crippen molar-refractivity contribution in [2.75, 3.05) is 0 Å². The fourth-order valence-corrected chi connectivity index (χ4v) is 0.112. The van der Waals surface area contributed by atoms with E-state index in [2.05, 4.69) is 0 Å². The fourth-order valence-electron chi connectivity index (χ4n) is 0.112. The van der Waals surface area contributed by atoms with Crippen LogP contribution in [-0.2, 0) is 0 Å². The molecule has 0 amide bonds. The van der Waals surface area contributed by atoms with Gasteiger partial charge in [0.1, 0.15) is 0 Å². The highest BCUT2D eigenvalue weighted by molar-refractivity contribution is 6.83. The Balaban J connectivity index is 0. The van der Waals surface area contributed by atoms with Crippen LogP contribution in [0.15, 0.2) is 0 Å². The Morgan fingerprint density at radius 3 is 1.60 bits per heavy atom. The summed E-state index contributed by atoms with van der Waals surface area (Å²) in [6.07, 6.45) is 1.68. The average Bonchev–Trinajstić information content (AvgIpc) is 1.63. The van der Waals surface area contributed by atoms with Crippen LogP contribution in [0.2, 0.25) is 0 Å². The number of hydrogen-bond donors (Lipinski definition) is 0. The van der Waals surface area contributed by atoms with Crippen LogP contribution in [0.5, 0.6) is 0 Å². The van der Waals surface area contributed by atoms with Crippen LogP contribution >= 0.6 is 46.4 Å². The average molecular weight is 223 g/mol. The highest BCUT2D eigenvalue weighted by Gasteiger charge is 2.11. The third-order valence-corrected chi connectivity index (χ3v) is 0.362. The lowest BCUT2D eigenvalue weighted by Gasteiger charge is -1.91. The zero-order chi connectivity index (χ0) is 8.62. The lowest BCUT2D eigenvalue weighted by atomic mass is 10.4. The summed E-state index contributed by atoms with van der Waals surface area (Å²) >= 11 is 19.3. The third kappa shape index (κ3) is 72.1. The predicted molar refractivity (Wildman–Crippen MR) is 46.7 cm³/mol. The molecular weight excluding hydrogens is 216 g/mol. The Morgan fingerprint density at radius 2 is 1.60 bits per heavy atom. The molecule has 0 heterocycles. The molecule has 0 saturated heterocycles. The van der Waals surface area contributed by atoms with Gasteiger partial charge in [0.15, 0.2) is 0 Å². The van der Waals surface area contributed by atoms with E-state index in [0.717, 1.165) is 6.42 Å². The van der Waals surface area contributed by atoms with Gasteiger partial charge in [-0.05, 0) is 6.42 Å². The molecule has 0 aromatic rings. The Hall–Kier alpha value is 0.650. The minimum absolute atomic E-state index is 0.694. The van der Waals surface area contributed by atoms with Gasteiger partial charge >= 0.3 is 0 Å². The van der Waals surface area contributed by atoms with Gasteiger partial charge in [-0.3, -0.25) is 0 Å². The Morgan fingerprint density at radius 1 is 1.30 bits per heavy atom. The van der Waals surface area contributed by atoms with Crippen molar-refractivity contribution < 1.29 is 0 Å². The smallest absolute Gasteiger partial charge is 0.198 e. The number of hydrogen-bond acceptors (Lipinski definition) is 1. The van der Waals surface area contributed by atoms with E-state index < -0.39 is 3.25 Å². The van der Waals surface area contributed by atoms with E-state index >= 15 is 0 Å². The van der Waals surface area contributed by atoms with Gasteiger partial charge in [0, 0.05) is 6.42 Å².